The highest BCUT2D eigenvalue weighted by Gasteiger charge is 2.35. The minimum absolute atomic E-state index is 0.106. The van der Waals surface area contributed by atoms with Crippen molar-refractivity contribution in [3.05, 3.63) is 22.7 Å². The van der Waals surface area contributed by atoms with Gasteiger partial charge in [-0.25, -0.2) is 8.78 Å². The van der Waals surface area contributed by atoms with Gasteiger partial charge in [0.15, 0.2) is 11.6 Å². The van der Waals surface area contributed by atoms with Crippen molar-refractivity contribution in [2.24, 2.45) is 5.92 Å². The summed E-state index contributed by atoms with van der Waals surface area (Å²) >= 11 is 5.54. The van der Waals surface area contributed by atoms with Crippen LogP contribution in [0.15, 0.2) is 10.6 Å². The van der Waals surface area contributed by atoms with Crippen LogP contribution in [0, 0.1) is 17.6 Å². The number of rotatable bonds is 2. The summed E-state index contributed by atoms with van der Waals surface area (Å²) in [4.78, 5) is 2.39. The van der Waals surface area contributed by atoms with Crippen LogP contribution in [0.25, 0.3) is 11.0 Å². The molecule has 4 nitrogen and oxygen atoms in total. The summed E-state index contributed by atoms with van der Waals surface area (Å²) in [6.07, 6.45) is 2.28. The van der Waals surface area contributed by atoms with Gasteiger partial charge < -0.3 is 14.7 Å². The van der Waals surface area contributed by atoms with Crippen molar-refractivity contribution in [3.8, 4) is 0 Å². The maximum atomic E-state index is 13.9. The van der Waals surface area contributed by atoms with E-state index in [0.717, 1.165) is 32.5 Å². The Labute approximate surface area is 125 Å². The van der Waals surface area contributed by atoms with Crippen LogP contribution in [0.2, 0.25) is 5.02 Å². The van der Waals surface area contributed by atoms with Crippen LogP contribution in [-0.2, 0) is 0 Å². The Kier molecular flexibility index (Phi) is 3.04. The molecular weight excluding hydrogens is 300 g/mol. The molecule has 0 amide bonds. The summed E-state index contributed by atoms with van der Waals surface area (Å²) < 4.78 is 32.5. The second-order valence-corrected chi connectivity index (χ2v) is 6.16. The van der Waals surface area contributed by atoms with E-state index >= 15 is 0 Å². The van der Waals surface area contributed by atoms with Crippen LogP contribution in [0.5, 0.6) is 0 Å². The number of nitrogens with zero attached hydrogens (tertiary/aromatic N) is 2. The molecular formula is C14H14ClF2N3O. The molecule has 1 atom stereocenters. The van der Waals surface area contributed by atoms with E-state index in [1.807, 2.05) is 0 Å². The Morgan fingerprint density at radius 1 is 1.33 bits per heavy atom. The van der Waals surface area contributed by atoms with Crippen molar-refractivity contribution in [2.75, 3.05) is 25.0 Å². The fraction of sp³-hybridized carbons (Fsp3) is 0.500. The third-order valence-corrected chi connectivity index (χ3v) is 4.93. The van der Waals surface area contributed by atoms with Gasteiger partial charge in [0.1, 0.15) is 10.8 Å². The Hall–Kier alpha value is -1.40. The molecule has 2 bridgehead atoms. The lowest BCUT2D eigenvalue weighted by atomic mass is 9.84. The molecule has 4 heterocycles. The Balaban J connectivity index is 1.68. The van der Waals surface area contributed by atoms with Crippen molar-refractivity contribution >= 4 is 28.4 Å². The summed E-state index contributed by atoms with van der Waals surface area (Å²) in [5.74, 6) is -0.745. The van der Waals surface area contributed by atoms with Gasteiger partial charge in [0.05, 0.1) is 5.39 Å². The highest BCUT2D eigenvalue weighted by molar-refractivity contribution is 6.31. The number of nitrogens with one attached hydrogen (secondary N) is 1. The van der Waals surface area contributed by atoms with Crippen molar-refractivity contribution < 1.29 is 13.3 Å². The Morgan fingerprint density at radius 3 is 2.76 bits per heavy atom. The first-order chi connectivity index (χ1) is 10.1. The minimum Gasteiger partial charge on any atom is -0.362 e. The van der Waals surface area contributed by atoms with E-state index in [9.17, 15) is 8.78 Å². The molecule has 0 spiro atoms. The van der Waals surface area contributed by atoms with E-state index < -0.39 is 16.7 Å². The fourth-order valence-electron chi connectivity index (χ4n) is 3.39. The zero-order valence-corrected chi connectivity index (χ0v) is 12.0. The molecule has 5 rings (SSSR count). The van der Waals surface area contributed by atoms with E-state index in [-0.39, 0.29) is 11.6 Å². The van der Waals surface area contributed by atoms with E-state index in [2.05, 4.69) is 15.4 Å². The highest BCUT2D eigenvalue weighted by Crippen LogP contribution is 2.34. The predicted molar refractivity (Wildman–Crippen MR) is 75.5 cm³/mol. The van der Waals surface area contributed by atoms with Gasteiger partial charge >= 0.3 is 0 Å². The average Bonchev–Trinajstić information content (AvgIpc) is 2.89. The van der Waals surface area contributed by atoms with Crippen LogP contribution in [-0.4, -0.2) is 35.7 Å². The molecule has 1 aromatic carbocycles. The van der Waals surface area contributed by atoms with Gasteiger partial charge in [0.2, 0.25) is 5.58 Å². The van der Waals surface area contributed by atoms with Gasteiger partial charge in [0, 0.05) is 12.6 Å². The normalized spacial score (nSPS) is 28.2. The molecule has 7 heteroatoms. The van der Waals surface area contributed by atoms with Gasteiger partial charge in [-0.15, -0.1) is 0 Å². The third kappa shape index (κ3) is 2.08. The molecule has 0 aliphatic carbocycles. The van der Waals surface area contributed by atoms with Gasteiger partial charge in [-0.2, -0.15) is 0 Å². The molecule has 1 unspecified atom stereocenters. The molecule has 2 aromatic rings. The van der Waals surface area contributed by atoms with Gasteiger partial charge in [-0.05, 0) is 37.9 Å². The van der Waals surface area contributed by atoms with E-state index in [4.69, 9.17) is 16.1 Å². The number of anilines is 1. The number of aromatic nitrogens is 1. The Morgan fingerprint density at radius 2 is 2.10 bits per heavy atom. The molecule has 1 aromatic heterocycles. The summed E-state index contributed by atoms with van der Waals surface area (Å²) in [6, 6.07) is 1.41. The number of benzene rings is 1. The van der Waals surface area contributed by atoms with Gasteiger partial charge in [-0.3, -0.25) is 0 Å². The van der Waals surface area contributed by atoms with E-state index in [1.54, 1.807) is 0 Å². The maximum Gasteiger partial charge on any atom is 0.206 e. The summed E-state index contributed by atoms with van der Waals surface area (Å²) in [5.41, 5.74) is -0.106. The first-order valence-electron chi connectivity index (χ1n) is 7.05. The van der Waals surface area contributed by atoms with Gasteiger partial charge in [0.25, 0.3) is 0 Å². The molecule has 1 N–H and O–H groups in total. The largest absolute Gasteiger partial charge is 0.362 e. The first-order valence-corrected chi connectivity index (χ1v) is 7.43. The van der Waals surface area contributed by atoms with Crippen molar-refractivity contribution in [3.63, 3.8) is 0 Å². The quantitative estimate of drug-likeness (QED) is 0.864. The lowest BCUT2D eigenvalue weighted by Gasteiger charge is -2.44. The smallest absolute Gasteiger partial charge is 0.206 e. The molecule has 3 aliphatic heterocycles. The SMILES string of the molecule is Fc1cc2c(NC3CN4CCC3CC4)noc2c(F)c1Cl. The molecule has 0 saturated carbocycles. The highest BCUT2D eigenvalue weighted by atomic mass is 35.5. The summed E-state index contributed by atoms with van der Waals surface area (Å²) in [6.45, 7) is 3.18. The number of hydrogen-bond donors (Lipinski definition) is 1. The number of piperidine rings is 3. The fourth-order valence-corrected chi connectivity index (χ4v) is 3.53. The zero-order chi connectivity index (χ0) is 14.6. The lowest BCUT2D eigenvalue weighted by Crippen LogP contribution is -2.53. The number of hydrogen-bond acceptors (Lipinski definition) is 4. The van der Waals surface area contributed by atoms with Crippen LogP contribution in [0.1, 0.15) is 12.8 Å². The molecule has 3 saturated heterocycles. The lowest BCUT2D eigenvalue weighted by molar-refractivity contribution is 0.0973. The standard InChI is InChI=1S/C14H14ClF2N3O/c15-11-9(16)5-8-13(12(11)17)21-19-14(8)18-10-6-20-3-1-7(10)2-4-20/h5,7,10H,1-4,6H2,(H,18,19). The third-order valence-electron chi connectivity index (χ3n) is 4.58. The molecule has 112 valence electrons. The average molecular weight is 314 g/mol. The zero-order valence-electron chi connectivity index (χ0n) is 11.2. The summed E-state index contributed by atoms with van der Waals surface area (Å²) in [5, 5.41) is 6.87. The first kappa shape index (κ1) is 13.3. The molecule has 21 heavy (non-hydrogen) atoms. The maximum absolute atomic E-state index is 13.9. The molecule has 3 aliphatic rings. The van der Waals surface area contributed by atoms with Crippen LogP contribution < -0.4 is 5.32 Å². The topological polar surface area (TPSA) is 41.3 Å². The van der Waals surface area contributed by atoms with Crippen LogP contribution in [0.3, 0.4) is 0 Å². The Bertz CT molecular complexity index is 697. The van der Waals surface area contributed by atoms with E-state index in [1.165, 1.54) is 6.07 Å². The summed E-state index contributed by atoms with van der Waals surface area (Å²) in [7, 11) is 0. The van der Waals surface area contributed by atoms with Crippen molar-refractivity contribution in [1.82, 2.24) is 10.1 Å². The predicted octanol–water partition coefficient (Wildman–Crippen LogP) is 3.27. The monoisotopic (exact) mass is 313 g/mol. The van der Waals surface area contributed by atoms with E-state index in [0.29, 0.717) is 17.1 Å². The number of fused-ring (bicyclic) bond motifs is 4. The van der Waals surface area contributed by atoms with Crippen LogP contribution in [0.4, 0.5) is 14.6 Å². The number of halogens is 3. The van der Waals surface area contributed by atoms with Crippen molar-refractivity contribution in [2.45, 2.75) is 18.9 Å². The second kappa shape index (κ2) is 4.81. The molecule has 0 radical (unpaired) electrons. The molecule has 3 fully saturated rings. The van der Waals surface area contributed by atoms with Crippen LogP contribution >= 0.6 is 11.6 Å². The van der Waals surface area contributed by atoms with Crippen molar-refractivity contribution in [1.29, 1.82) is 0 Å². The minimum atomic E-state index is -0.902. The van der Waals surface area contributed by atoms with Gasteiger partial charge in [-0.1, -0.05) is 16.8 Å². The second-order valence-electron chi connectivity index (χ2n) is 5.78.